The van der Waals surface area contributed by atoms with Crippen LogP contribution in [0.25, 0.3) is 0 Å². The summed E-state index contributed by atoms with van der Waals surface area (Å²) < 4.78 is 2.35. The Hall–Kier alpha value is -0.830. The lowest BCUT2D eigenvalue weighted by atomic mass is 9.89. The minimum Gasteiger partial charge on any atom is -0.332 e. The van der Waals surface area contributed by atoms with E-state index in [1.54, 1.807) is 0 Å². The van der Waals surface area contributed by atoms with Gasteiger partial charge in [0.1, 0.15) is 5.82 Å². The van der Waals surface area contributed by atoms with Gasteiger partial charge in [-0.1, -0.05) is 0 Å². The van der Waals surface area contributed by atoms with Crippen LogP contribution in [-0.4, -0.2) is 15.1 Å². The normalized spacial score (nSPS) is 28.6. The van der Waals surface area contributed by atoms with Crippen LogP contribution in [0.1, 0.15) is 30.8 Å². The third-order valence-corrected chi connectivity index (χ3v) is 3.93. The van der Waals surface area contributed by atoms with Gasteiger partial charge < -0.3 is 10.3 Å². The molecule has 3 rings (SSSR count). The second-order valence-electron chi connectivity index (χ2n) is 4.88. The Kier molecular flexibility index (Phi) is 1.57. The molecule has 1 saturated carbocycles. The molecular formula is C11H17N3. The molecular weight excluding hydrogens is 174 g/mol. The standard InChI is InChI=1S/C11H17N3/c1-8-13-6-10-3-2-9(7-14(8)10)11(12)4-5-11/h6,9H,2-5,7,12H2,1H3. The first-order valence-electron chi connectivity index (χ1n) is 5.49. The van der Waals surface area contributed by atoms with Crippen LogP contribution in [0.5, 0.6) is 0 Å². The third-order valence-electron chi connectivity index (χ3n) is 3.93. The molecule has 1 atom stereocenters. The largest absolute Gasteiger partial charge is 0.332 e. The van der Waals surface area contributed by atoms with Gasteiger partial charge in [0.05, 0.1) is 0 Å². The molecule has 0 amide bonds. The zero-order chi connectivity index (χ0) is 9.76. The molecule has 14 heavy (non-hydrogen) atoms. The fourth-order valence-electron chi connectivity index (χ4n) is 2.62. The van der Waals surface area contributed by atoms with Crippen molar-refractivity contribution in [2.45, 2.75) is 44.7 Å². The Balaban J connectivity index is 1.88. The molecule has 0 aromatic carbocycles. The summed E-state index contributed by atoms with van der Waals surface area (Å²) in [5.41, 5.74) is 7.83. The number of hydrogen-bond donors (Lipinski definition) is 1. The van der Waals surface area contributed by atoms with Gasteiger partial charge in [-0.15, -0.1) is 0 Å². The highest BCUT2D eigenvalue weighted by atomic mass is 15.1. The monoisotopic (exact) mass is 191 g/mol. The zero-order valence-electron chi connectivity index (χ0n) is 8.66. The van der Waals surface area contributed by atoms with E-state index in [4.69, 9.17) is 5.73 Å². The Morgan fingerprint density at radius 2 is 2.36 bits per heavy atom. The van der Waals surface area contributed by atoms with Gasteiger partial charge in [0.25, 0.3) is 0 Å². The van der Waals surface area contributed by atoms with E-state index in [0.717, 1.165) is 18.8 Å². The molecule has 1 unspecified atom stereocenters. The fraction of sp³-hybridized carbons (Fsp3) is 0.727. The second kappa shape index (κ2) is 2.60. The summed E-state index contributed by atoms with van der Waals surface area (Å²) in [5.74, 6) is 1.83. The van der Waals surface area contributed by atoms with Crippen LogP contribution < -0.4 is 5.73 Å². The van der Waals surface area contributed by atoms with Gasteiger partial charge in [0.2, 0.25) is 0 Å². The highest BCUT2D eigenvalue weighted by molar-refractivity contribution is 5.12. The lowest BCUT2D eigenvalue weighted by Gasteiger charge is -2.29. The van der Waals surface area contributed by atoms with E-state index in [-0.39, 0.29) is 5.54 Å². The van der Waals surface area contributed by atoms with Gasteiger partial charge in [0, 0.05) is 24.0 Å². The van der Waals surface area contributed by atoms with Crippen LogP contribution in [-0.2, 0) is 13.0 Å². The molecule has 0 bridgehead atoms. The zero-order valence-corrected chi connectivity index (χ0v) is 8.66. The minimum absolute atomic E-state index is 0.175. The molecule has 2 aliphatic rings. The number of nitrogens with zero attached hydrogens (tertiary/aromatic N) is 2. The van der Waals surface area contributed by atoms with Crippen LogP contribution in [0.3, 0.4) is 0 Å². The average Bonchev–Trinajstić information content (AvgIpc) is 2.84. The van der Waals surface area contributed by atoms with E-state index in [9.17, 15) is 0 Å². The topological polar surface area (TPSA) is 43.8 Å². The van der Waals surface area contributed by atoms with Gasteiger partial charge in [-0.25, -0.2) is 4.98 Å². The maximum Gasteiger partial charge on any atom is 0.105 e. The van der Waals surface area contributed by atoms with Crippen LogP contribution in [0, 0.1) is 12.8 Å². The summed E-state index contributed by atoms with van der Waals surface area (Å²) in [4.78, 5) is 4.36. The number of imidazole rings is 1. The van der Waals surface area contributed by atoms with E-state index < -0.39 is 0 Å². The molecule has 2 heterocycles. The lowest BCUT2D eigenvalue weighted by Crippen LogP contribution is -2.38. The van der Waals surface area contributed by atoms with Crippen molar-refractivity contribution < 1.29 is 0 Å². The van der Waals surface area contributed by atoms with E-state index in [2.05, 4.69) is 16.5 Å². The van der Waals surface area contributed by atoms with Crippen molar-refractivity contribution in [3.8, 4) is 0 Å². The highest BCUT2D eigenvalue weighted by Crippen LogP contribution is 2.44. The molecule has 3 heteroatoms. The number of hydrogen-bond acceptors (Lipinski definition) is 2. The number of aromatic nitrogens is 2. The smallest absolute Gasteiger partial charge is 0.105 e. The van der Waals surface area contributed by atoms with Crippen LogP contribution in [0.4, 0.5) is 0 Å². The summed E-state index contributed by atoms with van der Waals surface area (Å²) in [6.45, 7) is 3.18. The van der Waals surface area contributed by atoms with E-state index in [1.165, 1.54) is 25.0 Å². The molecule has 0 spiro atoms. The minimum atomic E-state index is 0.175. The fourth-order valence-corrected chi connectivity index (χ4v) is 2.62. The van der Waals surface area contributed by atoms with E-state index in [0.29, 0.717) is 5.92 Å². The summed E-state index contributed by atoms with van der Waals surface area (Å²) in [6.07, 6.45) is 6.87. The molecule has 0 saturated heterocycles. The second-order valence-corrected chi connectivity index (χ2v) is 4.88. The van der Waals surface area contributed by atoms with Gasteiger partial charge in [0.15, 0.2) is 0 Å². The molecule has 2 N–H and O–H groups in total. The first-order valence-corrected chi connectivity index (χ1v) is 5.49. The van der Waals surface area contributed by atoms with Gasteiger partial charge in [-0.05, 0) is 38.5 Å². The number of fused-ring (bicyclic) bond motifs is 1. The number of aryl methyl sites for hydroxylation is 2. The Morgan fingerprint density at radius 3 is 3.07 bits per heavy atom. The van der Waals surface area contributed by atoms with Crippen molar-refractivity contribution in [3.63, 3.8) is 0 Å². The number of rotatable bonds is 1. The molecule has 1 aromatic heterocycles. The Morgan fingerprint density at radius 1 is 1.57 bits per heavy atom. The van der Waals surface area contributed by atoms with Gasteiger partial charge >= 0.3 is 0 Å². The maximum atomic E-state index is 6.26. The van der Waals surface area contributed by atoms with Gasteiger partial charge in [-0.3, -0.25) is 0 Å². The summed E-state index contributed by atoms with van der Waals surface area (Å²) in [7, 11) is 0. The SMILES string of the molecule is Cc1ncc2n1CC(C1(N)CC1)CC2. The molecule has 3 nitrogen and oxygen atoms in total. The summed E-state index contributed by atoms with van der Waals surface area (Å²) in [5, 5.41) is 0. The van der Waals surface area contributed by atoms with Crippen molar-refractivity contribution in [3.05, 3.63) is 17.7 Å². The van der Waals surface area contributed by atoms with E-state index in [1.807, 2.05) is 6.20 Å². The highest BCUT2D eigenvalue weighted by Gasteiger charge is 2.46. The van der Waals surface area contributed by atoms with Crippen LogP contribution >= 0.6 is 0 Å². The Labute approximate surface area is 84.3 Å². The van der Waals surface area contributed by atoms with Crippen molar-refractivity contribution in [2.24, 2.45) is 11.7 Å². The third kappa shape index (κ3) is 1.12. The maximum absolute atomic E-state index is 6.26. The van der Waals surface area contributed by atoms with Crippen LogP contribution in [0.15, 0.2) is 6.20 Å². The van der Waals surface area contributed by atoms with Crippen LogP contribution in [0.2, 0.25) is 0 Å². The number of nitrogens with two attached hydrogens (primary N) is 1. The summed E-state index contributed by atoms with van der Waals surface area (Å²) >= 11 is 0. The van der Waals surface area contributed by atoms with Crippen molar-refractivity contribution in [1.82, 2.24) is 9.55 Å². The van der Waals surface area contributed by atoms with Crippen molar-refractivity contribution >= 4 is 0 Å². The first kappa shape index (κ1) is 8.48. The molecule has 1 fully saturated rings. The van der Waals surface area contributed by atoms with E-state index >= 15 is 0 Å². The quantitative estimate of drug-likeness (QED) is 0.726. The Bertz CT molecular complexity index is 363. The summed E-state index contributed by atoms with van der Waals surface area (Å²) in [6, 6.07) is 0. The molecule has 1 aliphatic carbocycles. The lowest BCUT2D eigenvalue weighted by molar-refractivity contribution is 0.295. The molecule has 1 aliphatic heterocycles. The molecule has 0 radical (unpaired) electrons. The van der Waals surface area contributed by atoms with Crippen molar-refractivity contribution in [1.29, 1.82) is 0 Å². The van der Waals surface area contributed by atoms with Gasteiger partial charge in [-0.2, -0.15) is 0 Å². The molecule has 76 valence electrons. The molecule has 1 aromatic rings. The predicted octanol–water partition coefficient (Wildman–Crippen LogP) is 1.25. The predicted molar refractivity (Wildman–Crippen MR) is 54.9 cm³/mol. The first-order chi connectivity index (χ1) is 6.69. The average molecular weight is 191 g/mol. The van der Waals surface area contributed by atoms with Crippen molar-refractivity contribution in [2.75, 3.05) is 0 Å².